The van der Waals surface area contributed by atoms with Gasteiger partial charge in [-0.2, -0.15) is 0 Å². The third kappa shape index (κ3) is 2.28. The third-order valence-corrected chi connectivity index (χ3v) is 2.60. The van der Waals surface area contributed by atoms with Crippen molar-refractivity contribution in [3.63, 3.8) is 0 Å². The average molecular weight is 258 g/mol. The van der Waals surface area contributed by atoms with Crippen LogP contribution in [-0.2, 0) is 5.54 Å². The smallest absolute Gasteiger partial charge is 0.126 e. The van der Waals surface area contributed by atoms with E-state index >= 15 is 0 Å². The van der Waals surface area contributed by atoms with Crippen molar-refractivity contribution in [1.82, 2.24) is 0 Å². The fourth-order valence-corrected chi connectivity index (χ4v) is 2.05. The maximum atomic E-state index is 6.07. The van der Waals surface area contributed by atoms with Crippen LogP contribution < -0.4 is 10.5 Å². The van der Waals surface area contributed by atoms with Gasteiger partial charge in [0, 0.05) is 15.6 Å². The van der Waals surface area contributed by atoms with E-state index in [-0.39, 0.29) is 5.54 Å². The summed E-state index contributed by atoms with van der Waals surface area (Å²) in [6, 6.07) is 4.03. The monoisotopic (exact) mass is 257 g/mol. The van der Waals surface area contributed by atoms with Crippen LogP contribution in [0, 0.1) is 6.92 Å². The summed E-state index contributed by atoms with van der Waals surface area (Å²) in [4.78, 5) is 0. The van der Waals surface area contributed by atoms with Gasteiger partial charge in [0.1, 0.15) is 5.75 Å². The number of hydrogen-bond acceptors (Lipinski definition) is 2. The summed E-state index contributed by atoms with van der Waals surface area (Å²) >= 11 is 3.46. The predicted octanol–water partition coefficient (Wildman–Crippen LogP) is 2.96. The van der Waals surface area contributed by atoms with Gasteiger partial charge >= 0.3 is 0 Å². The molecule has 0 radical (unpaired) electrons. The van der Waals surface area contributed by atoms with E-state index in [1.807, 2.05) is 32.9 Å². The number of rotatable bonds is 2. The van der Waals surface area contributed by atoms with Crippen LogP contribution in [0.2, 0.25) is 0 Å². The molecule has 0 aromatic heterocycles. The van der Waals surface area contributed by atoms with Crippen LogP contribution in [0.3, 0.4) is 0 Å². The number of methoxy groups -OCH3 is 1. The minimum Gasteiger partial charge on any atom is -0.496 e. The van der Waals surface area contributed by atoms with Gasteiger partial charge in [-0.05, 0) is 38.5 Å². The highest BCUT2D eigenvalue weighted by Gasteiger charge is 2.21. The molecule has 0 atom stereocenters. The number of hydrogen-bond donors (Lipinski definition) is 1. The van der Waals surface area contributed by atoms with Crippen molar-refractivity contribution in [2.24, 2.45) is 5.73 Å². The lowest BCUT2D eigenvalue weighted by molar-refractivity contribution is 0.391. The van der Waals surface area contributed by atoms with Crippen LogP contribution in [0.25, 0.3) is 0 Å². The summed E-state index contributed by atoms with van der Waals surface area (Å²) < 4.78 is 6.39. The molecule has 0 fully saturated rings. The number of aryl methyl sites for hydroxylation is 1. The highest BCUT2D eigenvalue weighted by atomic mass is 79.9. The molecule has 0 amide bonds. The molecule has 2 N–H and O–H groups in total. The predicted molar refractivity (Wildman–Crippen MR) is 62.6 cm³/mol. The lowest BCUT2D eigenvalue weighted by atomic mass is 9.93. The summed E-state index contributed by atoms with van der Waals surface area (Å²) in [5, 5.41) is 0. The molecule has 0 saturated heterocycles. The quantitative estimate of drug-likeness (QED) is 0.885. The third-order valence-electron chi connectivity index (χ3n) is 2.14. The van der Waals surface area contributed by atoms with E-state index in [1.165, 1.54) is 0 Å². The minimum absolute atomic E-state index is 0.389. The van der Waals surface area contributed by atoms with Crippen molar-refractivity contribution >= 4 is 15.9 Å². The molecule has 1 rings (SSSR count). The van der Waals surface area contributed by atoms with Gasteiger partial charge in [0.15, 0.2) is 0 Å². The van der Waals surface area contributed by atoms with Crippen molar-refractivity contribution in [3.8, 4) is 5.75 Å². The Morgan fingerprint density at radius 3 is 2.36 bits per heavy atom. The molecule has 0 saturated carbocycles. The second-order valence-corrected chi connectivity index (χ2v) is 4.94. The second-order valence-electron chi connectivity index (χ2n) is 4.03. The maximum Gasteiger partial charge on any atom is 0.126 e. The Bertz CT molecular complexity index is 342. The zero-order chi connectivity index (χ0) is 10.9. The first kappa shape index (κ1) is 11.5. The van der Waals surface area contributed by atoms with Crippen molar-refractivity contribution in [2.75, 3.05) is 7.11 Å². The molecule has 1 aromatic carbocycles. The zero-order valence-electron chi connectivity index (χ0n) is 9.02. The van der Waals surface area contributed by atoms with Crippen LogP contribution in [-0.4, -0.2) is 7.11 Å². The topological polar surface area (TPSA) is 35.2 Å². The van der Waals surface area contributed by atoms with E-state index in [0.29, 0.717) is 0 Å². The number of ether oxygens (including phenoxy) is 1. The van der Waals surface area contributed by atoms with E-state index in [4.69, 9.17) is 10.5 Å². The van der Waals surface area contributed by atoms with Crippen molar-refractivity contribution in [1.29, 1.82) is 0 Å². The molecule has 0 spiro atoms. The standard InChI is InChI=1S/C11H16BrNO/c1-7-5-8(12)6-9(10(7)14-4)11(2,3)13/h5-6H,13H2,1-4H3. The maximum absolute atomic E-state index is 6.07. The van der Waals surface area contributed by atoms with Crippen LogP contribution in [0.15, 0.2) is 16.6 Å². The molecule has 0 aliphatic carbocycles. The molecule has 0 heterocycles. The Morgan fingerprint density at radius 2 is 1.93 bits per heavy atom. The number of halogens is 1. The van der Waals surface area contributed by atoms with Gasteiger partial charge in [-0.15, -0.1) is 0 Å². The Kier molecular flexibility index (Phi) is 3.22. The van der Waals surface area contributed by atoms with Crippen LogP contribution in [0.1, 0.15) is 25.0 Å². The molecule has 0 aliphatic rings. The minimum atomic E-state index is -0.389. The fourth-order valence-electron chi connectivity index (χ4n) is 1.48. The Hall–Kier alpha value is -0.540. The number of nitrogens with two attached hydrogens (primary N) is 1. The molecule has 0 aliphatic heterocycles. The Labute approximate surface area is 93.6 Å². The first-order valence-electron chi connectivity index (χ1n) is 4.49. The highest BCUT2D eigenvalue weighted by Crippen LogP contribution is 2.33. The van der Waals surface area contributed by atoms with E-state index in [2.05, 4.69) is 15.9 Å². The summed E-state index contributed by atoms with van der Waals surface area (Å²) in [6.45, 7) is 5.95. The Balaban J connectivity index is 3.40. The molecule has 3 heteroatoms. The fraction of sp³-hybridized carbons (Fsp3) is 0.455. The van der Waals surface area contributed by atoms with Crippen molar-refractivity contribution < 1.29 is 4.74 Å². The number of benzene rings is 1. The zero-order valence-corrected chi connectivity index (χ0v) is 10.6. The van der Waals surface area contributed by atoms with Crippen molar-refractivity contribution in [2.45, 2.75) is 26.3 Å². The van der Waals surface area contributed by atoms with Gasteiger partial charge in [0.05, 0.1) is 7.11 Å². The summed E-state index contributed by atoms with van der Waals surface area (Å²) in [7, 11) is 1.67. The summed E-state index contributed by atoms with van der Waals surface area (Å²) in [6.07, 6.45) is 0. The highest BCUT2D eigenvalue weighted by molar-refractivity contribution is 9.10. The molecular formula is C11H16BrNO. The average Bonchev–Trinajstić information content (AvgIpc) is 2.01. The van der Waals surface area contributed by atoms with Gasteiger partial charge in [-0.3, -0.25) is 0 Å². The van der Waals surface area contributed by atoms with Gasteiger partial charge < -0.3 is 10.5 Å². The molecular weight excluding hydrogens is 242 g/mol. The lowest BCUT2D eigenvalue weighted by Gasteiger charge is -2.23. The summed E-state index contributed by atoms with van der Waals surface area (Å²) in [5.74, 6) is 0.876. The molecule has 2 nitrogen and oxygen atoms in total. The van der Waals surface area contributed by atoms with Gasteiger partial charge in [0.2, 0.25) is 0 Å². The SMILES string of the molecule is COc1c(C)cc(Br)cc1C(C)(C)N. The lowest BCUT2D eigenvalue weighted by Crippen LogP contribution is -2.29. The summed E-state index contributed by atoms with van der Waals surface area (Å²) in [5.41, 5.74) is 7.79. The van der Waals surface area contributed by atoms with E-state index < -0.39 is 0 Å². The first-order valence-corrected chi connectivity index (χ1v) is 5.29. The van der Waals surface area contributed by atoms with Gasteiger partial charge in [0.25, 0.3) is 0 Å². The molecule has 1 aromatic rings. The van der Waals surface area contributed by atoms with Crippen LogP contribution >= 0.6 is 15.9 Å². The molecule has 14 heavy (non-hydrogen) atoms. The Morgan fingerprint density at radius 1 is 1.36 bits per heavy atom. The molecule has 0 unspecified atom stereocenters. The second kappa shape index (κ2) is 3.91. The molecule has 78 valence electrons. The van der Waals surface area contributed by atoms with E-state index in [0.717, 1.165) is 21.3 Å². The van der Waals surface area contributed by atoms with Crippen LogP contribution in [0.5, 0.6) is 5.75 Å². The van der Waals surface area contributed by atoms with Crippen LogP contribution in [0.4, 0.5) is 0 Å². The normalized spacial score (nSPS) is 11.6. The van der Waals surface area contributed by atoms with Gasteiger partial charge in [-0.1, -0.05) is 15.9 Å². The first-order chi connectivity index (χ1) is 6.36. The van der Waals surface area contributed by atoms with Crippen molar-refractivity contribution in [3.05, 3.63) is 27.7 Å². The molecule has 0 bridgehead atoms. The van der Waals surface area contributed by atoms with Gasteiger partial charge in [-0.25, -0.2) is 0 Å². The largest absolute Gasteiger partial charge is 0.496 e. The van der Waals surface area contributed by atoms with E-state index in [9.17, 15) is 0 Å². The van der Waals surface area contributed by atoms with E-state index in [1.54, 1.807) is 7.11 Å².